The highest BCUT2D eigenvalue weighted by Gasteiger charge is 2.40. The summed E-state index contributed by atoms with van der Waals surface area (Å²) in [5.41, 5.74) is 2.32. The summed E-state index contributed by atoms with van der Waals surface area (Å²) in [6.07, 6.45) is 5.53. The van der Waals surface area contributed by atoms with Gasteiger partial charge in [-0.2, -0.15) is 0 Å². The predicted molar refractivity (Wildman–Crippen MR) is 117 cm³/mol. The van der Waals surface area contributed by atoms with Crippen molar-refractivity contribution in [1.82, 2.24) is 0 Å². The van der Waals surface area contributed by atoms with Crippen molar-refractivity contribution >= 4 is 6.47 Å². The summed E-state index contributed by atoms with van der Waals surface area (Å²) >= 11 is 0. The number of aryl methyl sites for hydroxylation is 1. The van der Waals surface area contributed by atoms with Gasteiger partial charge in [-0.1, -0.05) is 32.0 Å². The lowest BCUT2D eigenvalue weighted by Gasteiger charge is -2.46. The van der Waals surface area contributed by atoms with Crippen LogP contribution in [0.3, 0.4) is 0 Å². The average molecular weight is 413 g/mol. The third-order valence-electron chi connectivity index (χ3n) is 6.58. The molecule has 5 unspecified atom stereocenters. The van der Waals surface area contributed by atoms with Gasteiger partial charge in [0.2, 0.25) is 0 Å². The van der Waals surface area contributed by atoms with Gasteiger partial charge in [0.1, 0.15) is 5.75 Å². The summed E-state index contributed by atoms with van der Waals surface area (Å²) in [6.45, 7) is 7.09. The van der Waals surface area contributed by atoms with Gasteiger partial charge >= 0.3 is 0 Å². The molecule has 4 heteroatoms. The van der Waals surface area contributed by atoms with Crippen LogP contribution in [0.25, 0.3) is 0 Å². The maximum absolute atomic E-state index is 14.0. The van der Waals surface area contributed by atoms with Crippen molar-refractivity contribution in [3.05, 3.63) is 59.4 Å². The molecule has 162 valence electrons. The fraction of sp³-hybridized carbons (Fsp3) is 0.500. The molecular formula is C26H33FO3. The molecule has 2 fully saturated rings. The fourth-order valence-electron chi connectivity index (χ4n) is 5.60. The normalized spacial score (nSPS) is 27.4. The summed E-state index contributed by atoms with van der Waals surface area (Å²) in [5.74, 6) is 4.69. The van der Waals surface area contributed by atoms with Gasteiger partial charge in [-0.25, -0.2) is 4.39 Å². The first-order valence-corrected chi connectivity index (χ1v) is 10.9. The molecule has 0 spiro atoms. The number of carbonyl (C=O) groups excluding carboxylic acids is 1. The molecule has 2 saturated carbocycles. The van der Waals surface area contributed by atoms with E-state index in [1.807, 2.05) is 25.1 Å². The maximum Gasteiger partial charge on any atom is 0.292 e. The Labute approximate surface area is 179 Å². The molecule has 0 aliphatic heterocycles. The summed E-state index contributed by atoms with van der Waals surface area (Å²) in [7, 11) is 1.31. The van der Waals surface area contributed by atoms with E-state index in [1.54, 1.807) is 6.07 Å². The Morgan fingerprint density at radius 1 is 1.00 bits per heavy atom. The summed E-state index contributed by atoms with van der Waals surface area (Å²) < 4.78 is 23.6. The minimum absolute atomic E-state index is 0.290. The minimum atomic E-state index is -0.308. The lowest BCUT2D eigenvalue weighted by atomic mass is 9.59. The SMILES string of the molecule is COC=O.Cc1ccc(Oc2ccc(C3C(C)CC4CC(C)CC3C4)cc2)c(F)c1. The highest BCUT2D eigenvalue weighted by molar-refractivity contribution is 5.37. The molecule has 5 atom stereocenters. The van der Waals surface area contributed by atoms with Gasteiger partial charge in [-0.05, 0) is 97.6 Å². The van der Waals surface area contributed by atoms with Crippen LogP contribution in [-0.2, 0) is 9.53 Å². The van der Waals surface area contributed by atoms with E-state index in [2.05, 4.69) is 30.7 Å². The zero-order chi connectivity index (χ0) is 21.7. The van der Waals surface area contributed by atoms with Gasteiger partial charge in [-0.3, -0.25) is 4.79 Å². The van der Waals surface area contributed by atoms with Crippen LogP contribution >= 0.6 is 0 Å². The molecule has 0 radical (unpaired) electrons. The number of fused-ring (bicyclic) bond motifs is 2. The van der Waals surface area contributed by atoms with E-state index >= 15 is 0 Å². The quantitative estimate of drug-likeness (QED) is 0.513. The van der Waals surface area contributed by atoms with Crippen LogP contribution in [-0.4, -0.2) is 13.6 Å². The molecule has 2 aromatic rings. The number of hydrogen-bond donors (Lipinski definition) is 0. The van der Waals surface area contributed by atoms with E-state index in [0.29, 0.717) is 23.9 Å². The molecular weight excluding hydrogens is 379 g/mol. The molecule has 2 aliphatic carbocycles. The van der Waals surface area contributed by atoms with Gasteiger partial charge in [0.05, 0.1) is 7.11 Å². The molecule has 2 aliphatic rings. The highest BCUT2D eigenvalue weighted by atomic mass is 19.1. The maximum atomic E-state index is 14.0. The molecule has 2 aromatic carbocycles. The third-order valence-corrected chi connectivity index (χ3v) is 6.58. The van der Waals surface area contributed by atoms with Gasteiger partial charge in [0.15, 0.2) is 11.6 Å². The standard InChI is InChI=1S/C24H29FO.C2H4O2/c1-15-4-9-23(22(25)12-15)26-21-7-5-19(6-8-21)24-17(3)13-18-10-16(2)11-20(24)14-18;1-4-2-3/h4-9,12,16-18,20,24H,10-11,13-14H2,1-3H3;2H,1H3. The summed E-state index contributed by atoms with van der Waals surface area (Å²) in [4.78, 5) is 8.95. The van der Waals surface area contributed by atoms with E-state index in [-0.39, 0.29) is 5.82 Å². The monoisotopic (exact) mass is 412 g/mol. The first-order chi connectivity index (χ1) is 14.4. The van der Waals surface area contributed by atoms with Crippen molar-refractivity contribution in [3.8, 4) is 11.5 Å². The highest BCUT2D eigenvalue weighted by Crippen LogP contribution is 2.52. The van der Waals surface area contributed by atoms with Gasteiger partial charge in [0.25, 0.3) is 6.47 Å². The Morgan fingerprint density at radius 2 is 1.70 bits per heavy atom. The Bertz CT molecular complexity index is 829. The zero-order valence-corrected chi connectivity index (χ0v) is 18.4. The Hall–Kier alpha value is -2.36. The molecule has 0 aromatic heterocycles. The Morgan fingerprint density at radius 3 is 2.33 bits per heavy atom. The van der Waals surface area contributed by atoms with Gasteiger partial charge < -0.3 is 9.47 Å². The Balaban J connectivity index is 0.000000589. The van der Waals surface area contributed by atoms with Crippen LogP contribution in [0.15, 0.2) is 42.5 Å². The minimum Gasteiger partial charge on any atom is -0.471 e. The second-order valence-corrected chi connectivity index (χ2v) is 9.11. The van der Waals surface area contributed by atoms with Crippen LogP contribution in [0.2, 0.25) is 0 Å². The molecule has 0 N–H and O–H groups in total. The molecule has 30 heavy (non-hydrogen) atoms. The van der Waals surface area contributed by atoms with E-state index in [9.17, 15) is 4.39 Å². The van der Waals surface area contributed by atoms with Crippen LogP contribution in [0.1, 0.15) is 56.6 Å². The number of rotatable bonds is 4. The van der Waals surface area contributed by atoms with E-state index in [4.69, 9.17) is 9.53 Å². The van der Waals surface area contributed by atoms with Gasteiger partial charge in [-0.15, -0.1) is 0 Å². The topological polar surface area (TPSA) is 35.5 Å². The lowest BCUT2D eigenvalue weighted by molar-refractivity contribution is -0.126. The van der Waals surface area contributed by atoms with Crippen molar-refractivity contribution in [1.29, 1.82) is 0 Å². The van der Waals surface area contributed by atoms with Crippen molar-refractivity contribution in [2.24, 2.45) is 23.7 Å². The van der Waals surface area contributed by atoms with Crippen molar-refractivity contribution < 1.29 is 18.7 Å². The predicted octanol–water partition coefficient (Wildman–Crippen LogP) is 6.89. The number of carbonyl (C=O) groups is 1. The largest absolute Gasteiger partial charge is 0.471 e. The van der Waals surface area contributed by atoms with Crippen LogP contribution in [0.5, 0.6) is 11.5 Å². The molecule has 0 amide bonds. The first kappa shape index (κ1) is 22.3. The van der Waals surface area contributed by atoms with Crippen molar-refractivity contribution in [3.63, 3.8) is 0 Å². The first-order valence-electron chi connectivity index (χ1n) is 10.9. The average Bonchev–Trinajstić information content (AvgIpc) is 2.71. The Kier molecular flexibility index (Phi) is 7.52. The fourth-order valence-corrected chi connectivity index (χ4v) is 5.60. The zero-order valence-electron chi connectivity index (χ0n) is 18.4. The number of halogens is 1. The smallest absolute Gasteiger partial charge is 0.292 e. The van der Waals surface area contributed by atoms with E-state index in [0.717, 1.165) is 29.2 Å². The molecule has 2 bridgehead atoms. The number of hydrogen-bond acceptors (Lipinski definition) is 3. The van der Waals surface area contributed by atoms with Crippen LogP contribution in [0.4, 0.5) is 4.39 Å². The van der Waals surface area contributed by atoms with E-state index in [1.165, 1.54) is 44.4 Å². The van der Waals surface area contributed by atoms with Crippen LogP contribution in [0, 0.1) is 36.4 Å². The number of methoxy groups -OCH3 is 1. The van der Waals surface area contributed by atoms with Crippen molar-refractivity contribution in [2.45, 2.75) is 52.4 Å². The molecule has 4 rings (SSSR count). The van der Waals surface area contributed by atoms with E-state index < -0.39 is 0 Å². The summed E-state index contributed by atoms with van der Waals surface area (Å²) in [5, 5.41) is 0. The van der Waals surface area contributed by atoms with Crippen LogP contribution < -0.4 is 4.74 Å². The summed E-state index contributed by atoms with van der Waals surface area (Å²) in [6, 6.07) is 13.5. The molecule has 0 heterocycles. The second kappa shape index (κ2) is 10.1. The molecule has 3 nitrogen and oxygen atoms in total. The lowest BCUT2D eigenvalue weighted by Crippen LogP contribution is -2.35. The molecule has 0 saturated heterocycles. The van der Waals surface area contributed by atoms with Crippen molar-refractivity contribution in [2.75, 3.05) is 7.11 Å². The number of ether oxygens (including phenoxy) is 2. The third kappa shape index (κ3) is 5.41. The van der Waals surface area contributed by atoms with Gasteiger partial charge in [0, 0.05) is 0 Å². The second-order valence-electron chi connectivity index (χ2n) is 9.11. The number of benzene rings is 2.